The van der Waals surface area contributed by atoms with Crippen LogP contribution in [-0.2, 0) is 0 Å². The zero-order valence-electron chi connectivity index (χ0n) is 10.5. The summed E-state index contributed by atoms with van der Waals surface area (Å²) in [6, 6.07) is 0.683. The minimum absolute atomic E-state index is 0.683. The van der Waals surface area contributed by atoms with Gasteiger partial charge in [-0.3, -0.25) is 4.90 Å². The van der Waals surface area contributed by atoms with Crippen molar-refractivity contribution >= 4 is 0 Å². The molecule has 1 N–H and O–H groups in total. The highest BCUT2D eigenvalue weighted by Crippen LogP contribution is 2.12. The van der Waals surface area contributed by atoms with Crippen LogP contribution in [0.25, 0.3) is 0 Å². The molecule has 0 amide bonds. The van der Waals surface area contributed by atoms with Crippen LogP contribution in [0.3, 0.4) is 0 Å². The van der Waals surface area contributed by atoms with E-state index in [0.29, 0.717) is 6.04 Å². The maximum absolute atomic E-state index is 3.67. The number of hydrogen-bond donors (Lipinski definition) is 1. The first-order valence-electron chi connectivity index (χ1n) is 6.34. The molecule has 1 saturated heterocycles. The fraction of sp³-hybridized carbons (Fsp3) is 0.846. The smallest absolute Gasteiger partial charge is 0.0220 e. The molecule has 1 aliphatic rings. The molecule has 0 bridgehead atoms. The van der Waals surface area contributed by atoms with Crippen molar-refractivity contribution in [1.29, 1.82) is 0 Å². The Kier molecular flexibility index (Phi) is 5.96. The Morgan fingerprint density at radius 1 is 1.53 bits per heavy atom. The van der Waals surface area contributed by atoms with E-state index in [0.717, 1.165) is 12.5 Å². The van der Waals surface area contributed by atoms with Gasteiger partial charge in [-0.2, -0.15) is 0 Å². The standard InChI is InChI=1S/C13H26N2/c1-4-6-9-15-10-7-8-14-13(11-15)12(3)5-2/h4,6,12-14H,5,7-11H2,1-3H3/b6-4+. The summed E-state index contributed by atoms with van der Waals surface area (Å²) < 4.78 is 0. The first-order chi connectivity index (χ1) is 7.27. The van der Waals surface area contributed by atoms with E-state index in [4.69, 9.17) is 0 Å². The highest BCUT2D eigenvalue weighted by atomic mass is 15.2. The van der Waals surface area contributed by atoms with Gasteiger partial charge in [0, 0.05) is 19.1 Å². The van der Waals surface area contributed by atoms with E-state index in [1.807, 2.05) is 0 Å². The lowest BCUT2D eigenvalue weighted by molar-refractivity contribution is 0.257. The molecular weight excluding hydrogens is 184 g/mol. The number of allylic oxidation sites excluding steroid dienone is 1. The summed E-state index contributed by atoms with van der Waals surface area (Å²) >= 11 is 0. The molecule has 1 rings (SSSR count). The first-order valence-corrected chi connectivity index (χ1v) is 6.34. The Morgan fingerprint density at radius 2 is 2.33 bits per heavy atom. The van der Waals surface area contributed by atoms with Crippen LogP contribution < -0.4 is 5.32 Å². The van der Waals surface area contributed by atoms with Gasteiger partial charge in [0.05, 0.1) is 0 Å². The first kappa shape index (κ1) is 12.7. The van der Waals surface area contributed by atoms with Gasteiger partial charge in [-0.05, 0) is 32.4 Å². The minimum Gasteiger partial charge on any atom is -0.312 e. The predicted molar refractivity (Wildman–Crippen MR) is 67.1 cm³/mol. The number of rotatable bonds is 4. The van der Waals surface area contributed by atoms with Crippen molar-refractivity contribution in [1.82, 2.24) is 10.2 Å². The van der Waals surface area contributed by atoms with E-state index in [1.165, 1.54) is 32.5 Å². The van der Waals surface area contributed by atoms with Gasteiger partial charge in [-0.1, -0.05) is 32.4 Å². The average Bonchev–Trinajstić information content (AvgIpc) is 2.50. The Bertz CT molecular complexity index is 189. The topological polar surface area (TPSA) is 15.3 Å². The second kappa shape index (κ2) is 7.02. The summed E-state index contributed by atoms with van der Waals surface area (Å²) in [5.74, 6) is 0.788. The molecule has 1 fully saturated rings. The second-order valence-electron chi connectivity index (χ2n) is 4.63. The third-order valence-electron chi connectivity index (χ3n) is 3.44. The largest absolute Gasteiger partial charge is 0.312 e. The quantitative estimate of drug-likeness (QED) is 0.716. The van der Waals surface area contributed by atoms with Crippen molar-refractivity contribution in [3.63, 3.8) is 0 Å². The molecule has 0 spiro atoms. The SMILES string of the molecule is C/C=C/CN1CCCNC(C(C)CC)C1. The molecule has 0 saturated carbocycles. The maximum atomic E-state index is 3.67. The molecule has 88 valence electrons. The number of nitrogens with zero attached hydrogens (tertiary/aromatic N) is 1. The highest BCUT2D eigenvalue weighted by Gasteiger charge is 2.20. The minimum atomic E-state index is 0.683. The van der Waals surface area contributed by atoms with Crippen LogP contribution in [0.1, 0.15) is 33.6 Å². The fourth-order valence-electron chi connectivity index (χ4n) is 2.11. The molecule has 1 aliphatic heterocycles. The Labute approximate surface area is 94.7 Å². The molecule has 0 radical (unpaired) electrons. The molecule has 1 heterocycles. The van der Waals surface area contributed by atoms with Gasteiger partial charge in [-0.25, -0.2) is 0 Å². The van der Waals surface area contributed by atoms with Crippen molar-refractivity contribution in [3.8, 4) is 0 Å². The van der Waals surface area contributed by atoms with Crippen LogP contribution in [-0.4, -0.2) is 37.1 Å². The zero-order chi connectivity index (χ0) is 11.1. The van der Waals surface area contributed by atoms with Crippen LogP contribution in [0.2, 0.25) is 0 Å². The lowest BCUT2D eigenvalue weighted by Crippen LogP contribution is -2.42. The summed E-state index contributed by atoms with van der Waals surface area (Å²) in [4.78, 5) is 2.57. The maximum Gasteiger partial charge on any atom is 0.0220 e. The molecule has 0 aromatic heterocycles. The van der Waals surface area contributed by atoms with E-state index in [2.05, 4.69) is 43.1 Å². The van der Waals surface area contributed by atoms with E-state index < -0.39 is 0 Å². The molecule has 0 aromatic carbocycles. The Balaban J connectivity index is 2.45. The van der Waals surface area contributed by atoms with E-state index in [-0.39, 0.29) is 0 Å². The molecule has 0 aromatic rings. The van der Waals surface area contributed by atoms with Crippen molar-refractivity contribution in [2.45, 2.75) is 39.7 Å². The summed E-state index contributed by atoms with van der Waals surface area (Å²) in [7, 11) is 0. The van der Waals surface area contributed by atoms with Crippen LogP contribution in [0.4, 0.5) is 0 Å². The van der Waals surface area contributed by atoms with Crippen molar-refractivity contribution < 1.29 is 0 Å². The summed E-state index contributed by atoms with van der Waals surface area (Å²) in [6.07, 6.45) is 6.97. The van der Waals surface area contributed by atoms with Gasteiger partial charge in [0.25, 0.3) is 0 Å². The van der Waals surface area contributed by atoms with Gasteiger partial charge in [-0.15, -0.1) is 0 Å². The van der Waals surface area contributed by atoms with Crippen molar-refractivity contribution in [2.24, 2.45) is 5.92 Å². The van der Waals surface area contributed by atoms with Gasteiger partial charge < -0.3 is 5.32 Å². The van der Waals surface area contributed by atoms with Crippen LogP contribution in [0, 0.1) is 5.92 Å². The van der Waals surface area contributed by atoms with Crippen LogP contribution >= 0.6 is 0 Å². The van der Waals surface area contributed by atoms with Crippen molar-refractivity contribution in [2.75, 3.05) is 26.2 Å². The lowest BCUT2D eigenvalue weighted by atomic mass is 9.99. The third kappa shape index (κ3) is 4.35. The summed E-state index contributed by atoms with van der Waals surface area (Å²) in [6.45, 7) is 11.5. The summed E-state index contributed by atoms with van der Waals surface area (Å²) in [5.41, 5.74) is 0. The summed E-state index contributed by atoms with van der Waals surface area (Å²) in [5, 5.41) is 3.67. The fourth-order valence-corrected chi connectivity index (χ4v) is 2.11. The van der Waals surface area contributed by atoms with E-state index in [9.17, 15) is 0 Å². The number of hydrogen-bond acceptors (Lipinski definition) is 2. The lowest BCUT2D eigenvalue weighted by Gasteiger charge is -2.27. The van der Waals surface area contributed by atoms with Crippen LogP contribution in [0.5, 0.6) is 0 Å². The number of nitrogens with one attached hydrogen (secondary N) is 1. The Hall–Kier alpha value is -0.340. The normalized spacial score (nSPS) is 26.7. The van der Waals surface area contributed by atoms with Crippen molar-refractivity contribution in [3.05, 3.63) is 12.2 Å². The molecule has 2 nitrogen and oxygen atoms in total. The van der Waals surface area contributed by atoms with Gasteiger partial charge in [0.2, 0.25) is 0 Å². The average molecular weight is 210 g/mol. The van der Waals surface area contributed by atoms with E-state index in [1.54, 1.807) is 0 Å². The second-order valence-corrected chi connectivity index (χ2v) is 4.63. The predicted octanol–water partition coefficient (Wildman–Crippen LogP) is 2.27. The van der Waals surface area contributed by atoms with Crippen LogP contribution in [0.15, 0.2) is 12.2 Å². The van der Waals surface area contributed by atoms with Gasteiger partial charge >= 0.3 is 0 Å². The highest BCUT2D eigenvalue weighted by molar-refractivity contribution is 4.86. The Morgan fingerprint density at radius 3 is 3.00 bits per heavy atom. The van der Waals surface area contributed by atoms with Gasteiger partial charge in [0.1, 0.15) is 0 Å². The molecule has 0 aliphatic carbocycles. The molecular formula is C13H26N2. The van der Waals surface area contributed by atoms with E-state index >= 15 is 0 Å². The van der Waals surface area contributed by atoms with Gasteiger partial charge in [0.15, 0.2) is 0 Å². The molecule has 15 heavy (non-hydrogen) atoms. The molecule has 2 atom stereocenters. The third-order valence-corrected chi connectivity index (χ3v) is 3.44. The molecule has 2 heteroatoms. The zero-order valence-corrected chi connectivity index (χ0v) is 10.5. The monoisotopic (exact) mass is 210 g/mol. The molecule has 2 unspecified atom stereocenters.